The summed E-state index contributed by atoms with van der Waals surface area (Å²) in [4.78, 5) is 27.6. The molecule has 1 fully saturated rings. The van der Waals surface area contributed by atoms with Crippen molar-refractivity contribution in [2.45, 2.75) is 19.3 Å². The van der Waals surface area contributed by atoms with E-state index in [0.717, 1.165) is 30.4 Å². The van der Waals surface area contributed by atoms with E-state index in [1.54, 1.807) is 12.4 Å². The van der Waals surface area contributed by atoms with Crippen molar-refractivity contribution in [1.29, 1.82) is 5.26 Å². The molecule has 3 heterocycles. The number of halogens is 1. The molecule has 4 rings (SSSR count). The minimum Gasteiger partial charge on any atom is -0.383 e. The Labute approximate surface area is 153 Å². The van der Waals surface area contributed by atoms with Crippen LogP contribution in [0.25, 0.3) is 0 Å². The highest BCUT2D eigenvalue weighted by Gasteiger charge is 2.47. The normalized spacial score (nSPS) is 18.2. The van der Waals surface area contributed by atoms with Gasteiger partial charge in [0.25, 0.3) is 0 Å². The zero-order valence-electron chi connectivity index (χ0n) is 13.4. The highest BCUT2D eigenvalue weighted by molar-refractivity contribution is 9.10. The van der Waals surface area contributed by atoms with Crippen LogP contribution in [0.4, 0.5) is 11.8 Å². The van der Waals surface area contributed by atoms with E-state index in [1.807, 2.05) is 17.0 Å². The first-order valence-electron chi connectivity index (χ1n) is 8.00. The molecule has 2 aliphatic rings. The Bertz CT molecular complexity index is 914. The van der Waals surface area contributed by atoms with Gasteiger partial charge in [0.2, 0.25) is 5.95 Å². The molecule has 0 bridgehead atoms. The molecule has 2 aromatic heterocycles. The van der Waals surface area contributed by atoms with Crippen molar-refractivity contribution in [2.24, 2.45) is 5.41 Å². The molecule has 2 N–H and O–H groups in total. The third-order valence-corrected chi connectivity index (χ3v) is 5.91. The first kappa shape index (κ1) is 16.0. The topological polar surface area (TPSA) is 109 Å². The average Bonchev–Trinajstić information content (AvgIpc) is 2.90. The summed E-state index contributed by atoms with van der Waals surface area (Å²) < 4.78 is 0.418. The van der Waals surface area contributed by atoms with Crippen molar-refractivity contribution in [3.05, 3.63) is 39.8 Å². The van der Waals surface area contributed by atoms with Crippen LogP contribution in [0.5, 0.6) is 0 Å². The SMILES string of the molecule is N#Cc1nc(N2CCC3(CC2)Cc2cnccc2C3=O)nc(N)c1Br. The molecule has 2 aromatic rings. The fourth-order valence-corrected chi connectivity index (χ4v) is 3.99. The van der Waals surface area contributed by atoms with Crippen LogP contribution in [0.2, 0.25) is 0 Å². The Hall–Kier alpha value is -2.53. The number of hydrogen-bond acceptors (Lipinski definition) is 7. The third kappa shape index (κ3) is 2.46. The Morgan fingerprint density at radius 2 is 2.08 bits per heavy atom. The molecular formula is C17H15BrN6O. The van der Waals surface area contributed by atoms with E-state index in [1.165, 1.54) is 0 Å². The first-order valence-corrected chi connectivity index (χ1v) is 8.79. The summed E-state index contributed by atoms with van der Waals surface area (Å²) >= 11 is 3.23. The Balaban J connectivity index is 1.56. The zero-order chi connectivity index (χ0) is 17.6. The number of fused-ring (bicyclic) bond motifs is 1. The van der Waals surface area contributed by atoms with Crippen molar-refractivity contribution < 1.29 is 4.79 Å². The lowest BCUT2D eigenvalue weighted by Gasteiger charge is -2.38. The molecule has 25 heavy (non-hydrogen) atoms. The molecule has 0 unspecified atom stereocenters. The number of piperidine rings is 1. The van der Waals surface area contributed by atoms with Crippen LogP contribution in [0, 0.1) is 16.7 Å². The largest absolute Gasteiger partial charge is 0.383 e. The number of Topliss-reactive ketones (excluding diaryl/α,β-unsaturated/α-hetero) is 1. The summed E-state index contributed by atoms with van der Waals surface area (Å²) in [6, 6.07) is 3.83. The Morgan fingerprint density at radius 3 is 2.76 bits per heavy atom. The van der Waals surface area contributed by atoms with Crippen molar-refractivity contribution in [2.75, 3.05) is 23.7 Å². The van der Waals surface area contributed by atoms with Gasteiger partial charge in [-0.25, -0.2) is 4.98 Å². The van der Waals surface area contributed by atoms with Gasteiger partial charge in [0.15, 0.2) is 11.5 Å². The minimum atomic E-state index is -0.346. The van der Waals surface area contributed by atoms with Gasteiger partial charge >= 0.3 is 0 Å². The van der Waals surface area contributed by atoms with Gasteiger partial charge in [0.05, 0.1) is 4.47 Å². The molecule has 1 spiro atoms. The highest BCUT2D eigenvalue weighted by Crippen LogP contribution is 2.44. The van der Waals surface area contributed by atoms with E-state index in [2.05, 4.69) is 30.9 Å². The average molecular weight is 399 g/mol. The van der Waals surface area contributed by atoms with Crippen LogP contribution in [-0.4, -0.2) is 33.8 Å². The third-order valence-electron chi connectivity index (χ3n) is 5.13. The lowest BCUT2D eigenvalue weighted by Crippen LogP contribution is -2.44. The number of ketones is 1. The number of nitriles is 1. The van der Waals surface area contributed by atoms with E-state index in [-0.39, 0.29) is 22.7 Å². The number of aromatic nitrogens is 3. The van der Waals surface area contributed by atoms with E-state index in [4.69, 9.17) is 5.73 Å². The highest BCUT2D eigenvalue weighted by atomic mass is 79.9. The number of anilines is 2. The molecule has 7 nitrogen and oxygen atoms in total. The first-order chi connectivity index (χ1) is 12.0. The van der Waals surface area contributed by atoms with Crippen molar-refractivity contribution in [3.8, 4) is 6.07 Å². The van der Waals surface area contributed by atoms with Crippen molar-refractivity contribution in [1.82, 2.24) is 15.0 Å². The number of pyridine rings is 1. The standard InChI is InChI=1S/C17H15BrN6O/c18-13-12(8-19)22-16(23-15(13)20)24-5-2-17(3-6-24)7-10-9-21-4-1-11(10)14(17)25/h1,4,9H,2-3,5-7H2,(H2,20,22,23). The molecule has 1 aliphatic carbocycles. The number of hydrogen-bond donors (Lipinski definition) is 1. The molecule has 1 aliphatic heterocycles. The summed E-state index contributed by atoms with van der Waals surface area (Å²) in [7, 11) is 0. The molecule has 0 saturated carbocycles. The molecule has 126 valence electrons. The van der Waals surface area contributed by atoms with Gasteiger partial charge in [-0.2, -0.15) is 10.2 Å². The second-order valence-electron chi connectivity index (χ2n) is 6.49. The van der Waals surface area contributed by atoms with Crippen LogP contribution >= 0.6 is 15.9 Å². The van der Waals surface area contributed by atoms with Crippen LogP contribution in [0.1, 0.15) is 34.5 Å². The summed E-state index contributed by atoms with van der Waals surface area (Å²) in [5.74, 6) is 0.910. The number of nitrogens with zero attached hydrogens (tertiary/aromatic N) is 5. The molecular weight excluding hydrogens is 384 g/mol. The summed E-state index contributed by atoms with van der Waals surface area (Å²) in [5.41, 5.74) is 7.58. The van der Waals surface area contributed by atoms with Gasteiger partial charge in [0, 0.05) is 36.5 Å². The zero-order valence-corrected chi connectivity index (χ0v) is 15.0. The molecule has 1 saturated heterocycles. The van der Waals surface area contributed by atoms with Crippen LogP contribution in [0.3, 0.4) is 0 Å². The number of nitrogen functional groups attached to an aromatic ring is 1. The lowest BCUT2D eigenvalue weighted by atomic mass is 9.75. The lowest BCUT2D eigenvalue weighted by molar-refractivity contribution is 0.0774. The number of nitrogens with two attached hydrogens (primary N) is 1. The van der Waals surface area contributed by atoms with Gasteiger partial charge in [0.1, 0.15) is 11.9 Å². The van der Waals surface area contributed by atoms with Crippen LogP contribution in [-0.2, 0) is 6.42 Å². The predicted molar refractivity (Wildman–Crippen MR) is 95.0 cm³/mol. The molecule has 0 aromatic carbocycles. The maximum absolute atomic E-state index is 12.9. The predicted octanol–water partition coefficient (Wildman–Crippen LogP) is 2.11. The van der Waals surface area contributed by atoms with Crippen LogP contribution in [0.15, 0.2) is 22.9 Å². The van der Waals surface area contributed by atoms with E-state index >= 15 is 0 Å². The van der Waals surface area contributed by atoms with E-state index < -0.39 is 0 Å². The molecule has 8 heteroatoms. The van der Waals surface area contributed by atoms with E-state index in [9.17, 15) is 10.1 Å². The Morgan fingerprint density at radius 1 is 1.32 bits per heavy atom. The fourth-order valence-electron chi connectivity index (χ4n) is 3.73. The Kier molecular flexibility index (Phi) is 3.69. The number of rotatable bonds is 1. The maximum Gasteiger partial charge on any atom is 0.228 e. The van der Waals surface area contributed by atoms with Gasteiger partial charge < -0.3 is 10.6 Å². The van der Waals surface area contributed by atoms with Crippen LogP contribution < -0.4 is 10.6 Å². The van der Waals surface area contributed by atoms with Crippen molar-refractivity contribution in [3.63, 3.8) is 0 Å². The van der Waals surface area contributed by atoms with Gasteiger partial charge in [-0.1, -0.05) is 0 Å². The summed E-state index contributed by atoms with van der Waals surface area (Å²) in [5, 5.41) is 9.17. The smallest absolute Gasteiger partial charge is 0.228 e. The number of carbonyl (C=O) groups is 1. The summed E-state index contributed by atoms with van der Waals surface area (Å²) in [6.45, 7) is 1.30. The molecule has 0 atom stereocenters. The second-order valence-corrected chi connectivity index (χ2v) is 7.28. The molecule has 0 amide bonds. The fraction of sp³-hybridized carbons (Fsp3) is 0.353. The van der Waals surface area contributed by atoms with Gasteiger partial charge in [-0.3, -0.25) is 9.78 Å². The van der Waals surface area contributed by atoms with Gasteiger partial charge in [-0.15, -0.1) is 0 Å². The monoisotopic (exact) mass is 398 g/mol. The second kappa shape index (κ2) is 5.77. The van der Waals surface area contributed by atoms with Crippen molar-refractivity contribution >= 4 is 33.5 Å². The molecule has 0 radical (unpaired) electrons. The number of carbonyl (C=O) groups excluding carboxylic acids is 1. The van der Waals surface area contributed by atoms with Gasteiger partial charge in [-0.05, 0) is 46.8 Å². The summed E-state index contributed by atoms with van der Waals surface area (Å²) in [6.07, 6.45) is 5.66. The van der Waals surface area contributed by atoms with E-state index in [0.29, 0.717) is 23.5 Å². The maximum atomic E-state index is 12.9. The minimum absolute atomic E-state index is 0.221. The quantitative estimate of drug-likeness (QED) is 0.782.